The summed E-state index contributed by atoms with van der Waals surface area (Å²) >= 11 is 0. The Balaban J connectivity index is 2.25. The second kappa shape index (κ2) is 4.87. The molecule has 5 heteroatoms. The molecule has 17 heavy (non-hydrogen) atoms. The Labute approximate surface area is 102 Å². The van der Waals surface area contributed by atoms with Crippen molar-refractivity contribution in [1.82, 2.24) is 9.97 Å². The molecule has 4 N–H and O–H groups in total. The molecule has 5 nitrogen and oxygen atoms in total. The molecule has 1 saturated heterocycles. The van der Waals surface area contributed by atoms with E-state index in [1.807, 2.05) is 6.20 Å². The average molecular weight is 235 g/mol. The van der Waals surface area contributed by atoms with Crippen molar-refractivity contribution in [3.8, 4) is 0 Å². The zero-order chi connectivity index (χ0) is 12.4. The summed E-state index contributed by atoms with van der Waals surface area (Å²) in [5.74, 6) is 0.706. The third-order valence-electron chi connectivity index (χ3n) is 3.24. The molecule has 0 saturated carbocycles. The maximum Gasteiger partial charge on any atom is 0.220 e. The summed E-state index contributed by atoms with van der Waals surface area (Å²) in [6.07, 6.45) is 3.90. The lowest BCUT2D eigenvalue weighted by Gasteiger charge is -2.33. The minimum Gasteiger partial charge on any atom is -0.369 e. The Hall–Kier alpha value is -1.36. The van der Waals surface area contributed by atoms with Crippen molar-refractivity contribution in [3.63, 3.8) is 0 Å². The normalized spacial score (nSPS) is 17.8. The number of rotatable bonds is 2. The van der Waals surface area contributed by atoms with Crippen LogP contribution in [-0.4, -0.2) is 29.1 Å². The van der Waals surface area contributed by atoms with Gasteiger partial charge < -0.3 is 16.4 Å². The zero-order valence-electron chi connectivity index (χ0n) is 10.6. The number of nitrogens with two attached hydrogens (primary N) is 2. The Morgan fingerprint density at radius 2 is 2.00 bits per heavy atom. The van der Waals surface area contributed by atoms with Crippen molar-refractivity contribution in [2.75, 3.05) is 23.7 Å². The highest BCUT2D eigenvalue weighted by Gasteiger charge is 2.20. The number of anilines is 2. The summed E-state index contributed by atoms with van der Waals surface area (Å²) < 4.78 is 0. The van der Waals surface area contributed by atoms with E-state index in [1.165, 1.54) is 0 Å². The molecule has 0 bridgehead atoms. The van der Waals surface area contributed by atoms with Gasteiger partial charge in [0.05, 0.1) is 17.6 Å². The summed E-state index contributed by atoms with van der Waals surface area (Å²) in [6.45, 7) is 6.21. The summed E-state index contributed by atoms with van der Waals surface area (Å²) in [6, 6.07) is 0.337. The first-order chi connectivity index (χ1) is 8.08. The van der Waals surface area contributed by atoms with Crippen molar-refractivity contribution >= 4 is 11.6 Å². The van der Waals surface area contributed by atoms with Gasteiger partial charge >= 0.3 is 0 Å². The fourth-order valence-corrected chi connectivity index (χ4v) is 2.21. The van der Waals surface area contributed by atoms with Crippen LogP contribution in [0.25, 0.3) is 0 Å². The number of nitrogens with zero attached hydrogens (tertiary/aromatic N) is 3. The smallest absolute Gasteiger partial charge is 0.220 e. The lowest BCUT2D eigenvalue weighted by Crippen LogP contribution is -2.40. The lowest BCUT2D eigenvalue weighted by molar-refractivity contribution is 0.499. The molecule has 1 aliphatic rings. The van der Waals surface area contributed by atoms with Crippen LogP contribution in [0.15, 0.2) is 6.20 Å². The van der Waals surface area contributed by atoms with Gasteiger partial charge in [0.2, 0.25) is 5.95 Å². The molecule has 0 unspecified atom stereocenters. The molecule has 0 aliphatic carbocycles. The van der Waals surface area contributed by atoms with Crippen LogP contribution < -0.4 is 16.4 Å². The number of piperidine rings is 1. The first kappa shape index (κ1) is 12.1. The molecule has 94 valence electrons. The van der Waals surface area contributed by atoms with Gasteiger partial charge in [-0.25, -0.2) is 9.97 Å². The zero-order valence-corrected chi connectivity index (χ0v) is 10.6. The number of nitrogen functional groups attached to an aromatic ring is 1. The Morgan fingerprint density at radius 3 is 2.59 bits per heavy atom. The minimum absolute atomic E-state index is 0.337. The molecule has 2 heterocycles. The Kier molecular flexibility index (Phi) is 3.47. The van der Waals surface area contributed by atoms with E-state index in [-0.39, 0.29) is 0 Å². The minimum atomic E-state index is 0.337. The van der Waals surface area contributed by atoms with Gasteiger partial charge in [-0.3, -0.25) is 0 Å². The van der Waals surface area contributed by atoms with Crippen LogP contribution in [0, 0.1) is 0 Å². The van der Waals surface area contributed by atoms with Crippen LogP contribution in [0.3, 0.4) is 0 Å². The largest absolute Gasteiger partial charge is 0.369 e. The van der Waals surface area contributed by atoms with E-state index >= 15 is 0 Å². The molecule has 0 spiro atoms. The van der Waals surface area contributed by atoms with Crippen LogP contribution >= 0.6 is 0 Å². The third-order valence-corrected chi connectivity index (χ3v) is 3.24. The van der Waals surface area contributed by atoms with Gasteiger partial charge in [-0.2, -0.15) is 0 Å². The van der Waals surface area contributed by atoms with Crippen LogP contribution in [0.5, 0.6) is 0 Å². The fourth-order valence-electron chi connectivity index (χ4n) is 2.21. The van der Waals surface area contributed by atoms with Gasteiger partial charge in [0.25, 0.3) is 0 Å². The van der Waals surface area contributed by atoms with Crippen molar-refractivity contribution in [2.45, 2.75) is 38.6 Å². The number of hydrogen-bond acceptors (Lipinski definition) is 5. The molecule has 1 aliphatic heterocycles. The molecule has 1 fully saturated rings. The van der Waals surface area contributed by atoms with E-state index < -0.39 is 0 Å². The van der Waals surface area contributed by atoms with Crippen molar-refractivity contribution in [1.29, 1.82) is 0 Å². The lowest BCUT2D eigenvalue weighted by atomic mass is 10.0. The van der Waals surface area contributed by atoms with E-state index in [4.69, 9.17) is 11.5 Å². The first-order valence-corrected chi connectivity index (χ1v) is 6.21. The molecule has 2 rings (SSSR count). The Morgan fingerprint density at radius 1 is 1.35 bits per heavy atom. The summed E-state index contributed by atoms with van der Waals surface area (Å²) in [7, 11) is 0. The van der Waals surface area contributed by atoms with Crippen LogP contribution in [0.4, 0.5) is 11.6 Å². The van der Waals surface area contributed by atoms with Gasteiger partial charge in [0.15, 0.2) is 0 Å². The summed E-state index contributed by atoms with van der Waals surface area (Å²) in [4.78, 5) is 10.8. The highest BCUT2D eigenvalue weighted by atomic mass is 15.2. The fraction of sp³-hybridized carbons (Fsp3) is 0.667. The van der Waals surface area contributed by atoms with E-state index in [0.717, 1.165) is 37.3 Å². The second-order valence-corrected chi connectivity index (χ2v) is 4.98. The molecular formula is C12H21N5. The van der Waals surface area contributed by atoms with Crippen molar-refractivity contribution in [3.05, 3.63) is 11.9 Å². The van der Waals surface area contributed by atoms with Gasteiger partial charge in [-0.15, -0.1) is 0 Å². The third kappa shape index (κ3) is 2.66. The molecular weight excluding hydrogens is 214 g/mol. The first-order valence-electron chi connectivity index (χ1n) is 6.21. The van der Waals surface area contributed by atoms with Crippen LogP contribution in [0.2, 0.25) is 0 Å². The molecule has 1 aromatic rings. The summed E-state index contributed by atoms with van der Waals surface area (Å²) in [5, 5.41) is 0. The molecule has 0 amide bonds. The predicted octanol–water partition coefficient (Wildman–Crippen LogP) is 1.11. The van der Waals surface area contributed by atoms with Gasteiger partial charge in [-0.1, -0.05) is 13.8 Å². The van der Waals surface area contributed by atoms with Gasteiger partial charge in [0, 0.05) is 19.1 Å². The van der Waals surface area contributed by atoms with E-state index in [0.29, 0.717) is 17.9 Å². The van der Waals surface area contributed by atoms with E-state index in [2.05, 4.69) is 28.7 Å². The SMILES string of the molecule is CC(C)c1nc(N)ncc1N1CCC(N)CC1. The Bertz CT molecular complexity index is 382. The molecule has 0 radical (unpaired) electrons. The van der Waals surface area contributed by atoms with Gasteiger partial charge in [-0.05, 0) is 18.8 Å². The highest BCUT2D eigenvalue weighted by Crippen LogP contribution is 2.27. The van der Waals surface area contributed by atoms with Crippen LogP contribution in [-0.2, 0) is 0 Å². The topological polar surface area (TPSA) is 81.1 Å². The molecule has 1 aromatic heterocycles. The van der Waals surface area contributed by atoms with E-state index in [9.17, 15) is 0 Å². The maximum absolute atomic E-state index is 5.92. The van der Waals surface area contributed by atoms with E-state index in [1.54, 1.807) is 0 Å². The quantitative estimate of drug-likeness (QED) is 0.802. The second-order valence-electron chi connectivity index (χ2n) is 4.98. The van der Waals surface area contributed by atoms with Crippen molar-refractivity contribution in [2.24, 2.45) is 5.73 Å². The highest BCUT2D eigenvalue weighted by molar-refractivity contribution is 5.52. The molecule has 0 atom stereocenters. The maximum atomic E-state index is 5.92. The standard InChI is InChI=1S/C12H21N5/c1-8(2)11-10(7-15-12(14)16-11)17-5-3-9(13)4-6-17/h7-9H,3-6,13H2,1-2H3,(H2,14,15,16). The summed E-state index contributed by atoms with van der Waals surface area (Å²) in [5.41, 5.74) is 13.7. The average Bonchev–Trinajstić information content (AvgIpc) is 2.30. The van der Waals surface area contributed by atoms with Crippen molar-refractivity contribution < 1.29 is 0 Å². The monoisotopic (exact) mass is 235 g/mol. The number of aromatic nitrogens is 2. The molecule has 0 aromatic carbocycles. The van der Waals surface area contributed by atoms with Crippen LogP contribution in [0.1, 0.15) is 38.3 Å². The number of hydrogen-bond donors (Lipinski definition) is 2. The van der Waals surface area contributed by atoms with Gasteiger partial charge in [0.1, 0.15) is 0 Å². The predicted molar refractivity (Wildman–Crippen MR) is 70.0 cm³/mol.